The van der Waals surface area contributed by atoms with Crippen LogP contribution < -0.4 is 5.32 Å². The van der Waals surface area contributed by atoms with Gasteiger partial charge in [-0.1, -0.05) is 26.0 Å². The Morgan fingerprint density at radius 1 is 1.12 bits per heavy atom. The van der Waals surface area contributed by atoms with Gasteiger partial charge < -0.3 is 5.32 Å². The first-order chi connectivity index (χ1) is 11.4. The van der Waals surface area contributed by atoms with Gasteiger partial charge in [-0.05, 0) is 45.8 Å². The van der Waals surface area contributed by atoms with Crippen LogP contribution in [-0.2, 0) is 16.6 Å². The van der Waals surface area contributed by atoms with Crippen molar-refractivity contribution in [2.75, 3.05) is 13.1 Å². The third-order valence-electron chi connectivity index (χ3n) is 3.52. The second-order valence-electron chi connectivity index (χ2n) is 5.02. The summed E-state index contributed by atoms with van der Waals surface area (Å²) in [5, 5.41) is 2.82. The fourth-order valence-corrected chi connectivity index (χ4v) is 4.96. The van der Waals surface area contributed by atoms with E-state index in [0.717, 1.165) is 9.35 Å². The van der Waals surface area contributed by atoms with Crippen molar-refractivity contribution in [1.29, 1.82) is 0 Å². The molecule has 130 valence electrons. The molecule has 0 fully saturated rings. The Balaban J connectivity index is 2.03. The van der Waals surface area contributed by atoms with Crippen LogP contribution in [0, 0.1) is 0 Å². The van der Waals surface area contributed by atoms with Gasteiger partial charge in [0.05, 0.1) is 13.6 Å². The van der Waals surface area contributed by atoms with Crippen molar-refractivity contribution < 1.29 is 13.2 Å². The zero-order valence-corrected chi connectivity index (χ0v) is 16.7. The number of hydrogen-bond acceptors (Lipinski definition) is 4. The first kappa shape index (κ1) is 19.1. The summed E-state index contributed by atoms with van der Waals surface area (Å²) in [5.74, 6) is -0.148. The van der Waals surface area contributed by atoms with E-state index in [1.165, 1.54) is 15.6 Å². The quantitative estimate of drug-likeness (QED) is 0.730. The highest BCUT2D eigenvalue weighted by Crippen LogP contribution is 2.22. The van der Waals surface area contributed by atoms with Crippen molar-refractivity contribution in [1.82, 2.24) is 9.62 Å². The maximum Gasteiger partial charge on any atom is 0.261 e. The summed E-state index contributed by atoms with van der Waals surface area (Å²) >= 11 is 4.69. The number of sulfonamides is 1. The summed E-state index contributed by atoms with van der Waals surface area (Å²) in [6.45, 7) is 4.85. The standard InChI is InChI=1S/C16H19BrN2O3S2/c1-3-19(4-2)24(21,22)13-7-5-12(6-8-13)11-18-16(20)14-9-10-15(17)23-14/h5-10H,3-4,11H2,1-2H3,(H,18,20). The number of benzene rings is 1. The predicted octanol–water partition coefficient (Wildman–Crippen LogP) is 3.47. The van der Waals surface area contributed by atoms with Gasteiger partial charge in [-0.3, -0.25) is 4.79 Å². The summed E-state index contributed by atoms with van der Waals surface area (Å²) in [6, 6.07) is 10.2. The molecule has 1 aromatic carbocycles. The Morgan fingerprint density at radius 2 is 1.75 bits per heavy atom. The van der Waals surface area contributed by atoms with Crippen molar-refractivity contribution in [3.8, 4) is 0 Å². The minimum absolute atomic E-state index is 0.148. The molecule has 1 amide bonds. The first-order valence-electron chi connectivity index (χ1n) is 7.51. The van der Waals surface area contributed by atoms with Gasteiger partial charge in [0, 0.05) is 19.6 Å². The van der Waals surface area contributed by atoms with Crippen molar-refractivity contribution in [3.05, 3.63) is 50.6 Å². The van der Waals surface area contributed by atoms with Crippen LogP contribution in [-0.4, -0.2) is 31.7 Å². The highest BCUT2D eigenvalue weighted by atomic mass is 79.9. The molecule has 8 heteroatoms. The summed E-state index contributed by atoms with van der Waals surface area (Å²) in [7, 11) is -3.45. The molecule has 0 radical (unpaired) electrons. The Morgan fingerprint density at radius 3 is 2.25 bits per heavy atom. The number of carbonyl (C=O) groups excluding carboxylic acids is 1. The van der Waals surface area contributed by atoms with Gasteiger partial charge in [0.1, 0.15) is 0 Å². The van der Waals surface area contributed by atoms with E-state index in [1.54, 1.807) is 30.3 Å². The van der Waals surface area contributed by atoms with Crippen LogP contribution in [0.25, 0.3) is 0 Å². The molecule has 1 aromatic heterocycles. The molecule has 24 heavy (non-hydrogen) atoms. The Labute approximate surface area is 154 Å². The Hall–Kier alpha value is -1.22. The van der Waals surface area contributed by atoms with Gasteiger partial charge in [-0.25, -0.2) is 8.42 Å². The minimum Gasteiger partial charge on any atom is -0.347 e. The Kier molecular flexibility index (Phi) is 6.56. The molecule has 0 unspecified atom stereocenters. The van der Waals surface area contributed by atoms with Gasteiger partial charge in [0.15, 0.2) is 0 Å². The maximum absolute atomic E-state index is 12.4. The molecule has 0 aliphatic rings. The molecule has 0 saturated carbocycles. The average molecular weight is 431 g/mol. The van der Waals surface area contributed by atoms with Gasteiger partial charge in [0.2, 0.25) is 10.0 Å². The Bertz CT molecular complexity index is 797. The van der Waals surface area contributed by atoms with Crippen molar-refractivity contribution in [2.45, 2.75) is 25.3 Å². The van der Waals surface area contributed by atoms with Crippen LogP contribution in [0.3, 0.4) is 0 Å². The SMILES string of the molecule is CCN(CC)S(=O)(=O)c1ccc(CNC(=O)c2ccc(Br)s2)cc1. The number of amides is 1. The lowest BCUT2D eigenvalue weighted by atomic mass is 10.2. The molecule has 0 saturated heterocycles. The third-order valence-corrected chi connectivity index (χ3v) is 7.20. The summed E-state index contributed by atoms with van der Waals surface area (Å²) < 4.78 is 27.1. The van der Waals surface area contributed by atoms with Crippen LogP contribution in [0.5, 0.6) is 0 Å². The van der Waals surface area contributed by atoms with E-state index in [-0.39, 0.29) is 10.8 Å². The zero-order chi connectivity index (χ0) is 17.7. The normalized spacial score (nSPS) is 11.7. The minimum atomic E-state index is -3.45. The van der Waals surface area contributed by atoms with Gasteiger partial charge in [-0.2, -0.15) is 4.31 Å². The molecule has 0 aliphatic heterocycles. The van der Waals surface area contributed by atoms with E-state index >= 15 is 0 Å². The monoisotopic (exact) mass is 430 g/mol. The van der Waals surface area contributed by atoms with Crippen LogP contribution in [0.4, 0.5) is 0 Å². The van der Waals surface area contributed by atoms with Crippen molar-refractivity contribution in [2.24, 2.45) is 0 Å². The number of nitrogens with zero attached hydrogens (tertiary/aromatic N) is 1. The van der Waals surface area contributed by atoms with E-state index in [2.05, 4.69) is 21.2 Å². The number of rotatable bonds is 7. The van der Waals surface area contributed by atoms with E-state index in [9.17, 15) is 13.2 Å². The molecule has 2 rings (SSSR count). The third kappa shape index (κ3) is 4.44. The lowest BCUT2D eigenvalue weighted by Gasteiger charge is -2.18. The molecular formula is C16H19BrN2O3S2. The van der Waals surface area contributed by atoms with Gasteiger partial charge >= 0.3 is 0 Å². The molecule has 5 nitrogen and oxygen atoms in total. The van der Waals surface area contributed by atoms with Crippen LogP contribution in [0.15, 0.2) is 45.1 Å². The largest absolute Gasteiger partial charge is 0.347 e. The maximum atomic E-state index is 12.4. The predicted molar refractivity (Wildman–Crippen MR) is 99.7 cm³/mol. The smallest absolute Gasteiger partial charge is 0.261 e. The zero-order valence-electron chi connectivity index (χ0n) is 13.5. The second kappa shape index (κ2) is 8.24. The molecule has 1 heterocycles. The van der Waals surface area contributed by atoms with Gasteiger partial charge in [0.25, 0.3) is 5.91 Å². The molecular weight excluding hydrogens is 412 g/mol. The first-order valence-corrected chi connectivity index (χ1v) is 10.6. The molecule has 2 aromatic rings. The number of hydrogen-bond donors (Lipinski definition) is 1. The second-order valence-corrected chi connectivity index (χ2v) is 9.42. The lowest BCUT2D eigenvalue weighted by molar-refractivity contribution is 0.0955. The van der Waals surface area contributed by atoms with E-state index < -0.39 is 10.0 Å². The van der Waals surface area contributed by atoms with Crippen LogP contribution in [0.1, 0.15) is 29.1 Å². The number of carbonyl (C=O) groups is 1. The molecule has 0 atom stereocenters. The van der Waals surface area contributed by atoms with E-state index in [1.807, 2.05) is 19.9 Å². The molecule has 0 aliphatic carbocycles. The highest BCUT2D eigenvalue weighted by molar-refractivity contribution is 9.11. The van der Waals surface area contributed by atoms with Gasteiger partial charge in [-0.15, -0.1) is 11.3 Å². The van der Waals surface area contributed by atoms with Crippen LogP contribution in [0.2, 0.25) is 0 Å². The van der Waals surface area contributed by atoms with E-state index in [0.29, 0.717) is 24.5 Å². The average Bonchev–Trinajstić information content (AvgIpc) is 3.00. The number of nitrogens with one attached hydrogen (secondary N) is 1. The summed E-state index contributed by atoms with van der Waals surface area (Å²) in [4.78, 5) is 12.9. The number of halogens is 1. The van der Waals surface area contributed by atoms with Crippen LogP contribution >= 0.6 is 27.3 Å². The fourth-order valence-electron chi connectivity index (χ4n) is 2.20. The molecule has 0 spiro atoms. The topological polar surface area (TPSA) is 66.5 Å². The summed E-state index contributed by atoms with van der Waals surface area (Å²) in [6.07, 6.45) is 0. The van der Waals surface area contributed by atoms with Crippen molar-refractivity contribution in [3.63, 3.8) is 0 Å². The lowest BCUT2D eigenvalue weighted by Crippen LogP contribution is -2.30. The fraction of sp³-hybridized carbons (Fsp3) is 0.312. The molecule has 0 bridgehead atoms. The molecule has 1 N–H and O–H groups in total. The number of thiophene rings is 1. The van der Waals surface area contributed by atoms with E-state index in [4.69, 9.17) is 0 Å². The highest BCUT2D eigenvalue weighted by Gasteiger charge is 2.21. The van der Waals surface area contributed by atoms with Crippen molar-refractivity contribution >= 4 is 43.2 Å². The summed E-state index contributed by atoms with van der Waals surface area (Å²) in [5.41, 5.74) is 0.845.